The Hall–Kier alpha value is -1.21. The zero-order valence-corrected chi connectivity index (χ0v) is 12.0. The van der Waals surface area contributed by atoms with Gasteiger partial charge in [0.15, 0.2) is 0 Å². The molecule has 0 aromatic heterocycles. The Morgan fingerprint density at radius 3 is 2.47 bits per heavy atom. The lowest BCUT2D eigenvalue weighted by Crippen LogP contribution is -1.78. The van der Waals surface area contributed by atoms with Crippen molar-refractivity contribution in [3.8, 4) is 0 Å². The molecule has 0 aliphatic heterocycles. The molecule has 0 bridgehead atoms. The largest absolute Gasteiger partial charge is 0.501 e. The molecule has 2 heteroatoms. The van der Waals surface area contributed by atoms with Crippen molar-refractivity contribution in [1.29, 1.82) is 0 Å². The van der Waals surface area contributed by atoms with Gasteiger partial charge in [0.05, 0.1) is 12.9 Å². The van der Waals surface area contributed by atoms with Crippen LogP contribution in [0.1, 0.15) is 31.9 Å². The van der Waals surface area contributed by atoms with Crippen molar-refractivity contribution in [3.63, 3.8) is 0 Å². The van der Waals surface area contributed by atoms with E-state index in [0.717, 1.165) is 21.9 Å². The second kappa shape index (κ2) is 8.89. The van der Waals surface area contributed by atoms with Gasteiger partial charge in [0.1, 0.15) is 0 Å². The SMILES string of the molecule is CC.CO/C(C)=C\C=C\c1ccc(C)c(Cl)c1. The molecule has 0 saturated heterocycles. The lowest BCUT2D eigenvalue weighted by Gasteiger charge is -1.98. The van der Waals surface area contributed by atoms with Gasteiger partial charge in [0, 0.05) is 5.02 Å². The lowest BCUT2D eigenvalue weighted by atomic mass is 10.1. The van der Waals surface area contributed by atoms with E-state index in [9.17, 15) is 0 Å². The van der Waals surface area contributed by atoms with E-state index < -0.39 is 0 Å². The van der Waals surface area contributed by atoms with E-state index in [0.29, 0.717) is 0 Å². The molecule has 0 atom stereocenters. The molecule has 0 fully saturated rings. The molecule has 17 heavy (non-hydrogen) atoms. The third-order valence-electron chi connectivity index (χ3n) is 2.14. The third kappa shape index (κ3) is 6.18. The summed E-state index contributed by atoms with van der Waals surface area (Å²) in [5, 5.41) is 0.796. The number of rotatable bonds is 3. The van der Waals surface area contributed by atoms with Crippen LogP contribution in [0.25, 0.3) is 6.08 Å². The summed E-state index contributed by atoms with van der Waals surface area (Å²) in [5.74, 6) is 0.879. The van der Waals surface area contributed by atoms with Crippen molar-refractivity contribution in [3.05, 3.63) is 52.3 Å². The Bertz CT molecular complexity index is 392. The summed E-state index contributed by atoms with van der Waals surface area (Å²) >= 11 is 6.01. The van der Waals surface area contributed by atoms with E-state index in [1.807, 2.05) is 64.1 Å². The van der Waals surface area contributed by atoms with Crippen molar-refractivity contribution < 1.29 is 4.74 Å². The van der Waals surface area contributed by atoms with Gasteiger partial charge in [-0.3, -0.25) is 0 Å². The van der Waals surface area contributed by atoms with E-state index in [2.05, 4.69) is 0 Å². The average Bonchev–Trinajstić information content (AvgIpc) is 2.36. The Balaban J connectivity index is 0.00000121. The minimum atomic E-state index is 0.796. The molecule has 0 saturated carbocycles. The van der Waals surface area contributed by atoms with Crippen LogP contribution in [0.5, 0.6) is 0 Å². The second-order valence-electron chi connectivity index (χ2n) is 3.35. The quantitative estimate of drug-likeness (QED) is 0.528. The van der Waals surface area contributed by atoms with Crippen LogP contribution in [0.4, 0.5) is 0 Å². The fourth-order valence-electron chi connectivity index (χ4n) is 1.08. The molecule has 0 unspecified atom stereocenters. The van der Waals surface area contributed by atoms with Gasteiger partial charge >= 0.3 is 0 Å². The van der Waals surface area contributed by atoms with Crippen molar-refractivity contribution >= 4 is 17.7 Å². The lowest BCUT2D eigenvalue weighted by molar-refractivity contribution is 0.294. The number of halogens is 1. The first-order valence-corrected chi connectivity index (χ1v) is 6.16. The summed E-state index contributed by atoms with van der Waals surface area (Å²) in [4.78, 5) is 0. The first-order chi connectivity index (χ1) is 8.13. The number of aryl methyl sites for hydroxylation is 1. The summed E-state index contributed by atoms with van der Waals surface area (Å²) in [7, 11) is 1.66. The van der Waals surface area contributed by atoms with Gasteiger partial charge in [-0.2, -0.15) is 0 Å². The summed E-state index contributed by atoms with van der Waals surface area (Å²) in [6.07, 6.45) is 5.85. The molecule has 94 valence electrons. The third-order valence-corrected chi connectivity index (χ3v) is 2.54. The minimum absolute atomic E-state index is 0.796. The van der Waals surface area contributed by atoms with Crippen LogP contribution in [0.15, 0.2) is 36.1 Å². The fourth-order valence-corrected chi connectivity index (χ4v) is 1.26. The monoisotopic (exact) mass is 252 g/mol. The van der Waals surface area contributed by atoms with Gasteiger partial charge in [-0.15, -0.1) is 0 Å². The molecule has 0 N–H and O–H groups in total. The first-order valence-electron chi connectivity index (χ1n) is 5.78. The first kappa shape index (κ1) is 15.8. The smallest absolute Gasteiger partial charge is 0.0924 e. The molecule has 0 spiro atoms. The van der Waals surface area contributed by atoms with E-state index in [1.54, 1.807) is 7.11 Å². The number of hydrogen-bond donors (Lipinski definition) is 0. The van der Waals surface area contributed by atoms with Gasteiger partial charge in [0.25, 0.3) is 0 Å². The predicted molar refractivity (Wildman–Crippen MR) is 77.3 cm³/mol. The summed E-state index contributed by atoms with van der Waals surface area (Å²) in [6, 6.07) is 5.99. The summed E-state index contributed by atoms with van der Waals surface area (Å²) < 4.78 is 5.01. The normalized spacial score (nSPS) is 11.1. The molecule has 1 rings (SSSR count). The predicted octanol–water partition coefficient (Wildman–Crippen LogP) is 5.24. The highest BCUT2D eigenvalue weighted by Crippen LogP contribution is 2.17. The standard InChI is InChI=1S/C13H15ClO.C2H6/c1-10-7-8-12(9-13(10)14)6-4-5-11(2)15-3;1-2/h4-9H,1-3H3;1-2H3/b6-4+,11-5-;. The zero-order valence-electron chi connectivity index (χ0n) is 11.3. The second-order valence-corrected chi connectivity index (χ2v) is 3.76. The molecule has 1 aromatic carbocycles. The van der Waals surface area contributed by atoms with Crippen molar-refractivity contribution in [2.75, 3.05) is 7.11 Å². The fraction of sp³-hybridized carbons (Fsp3) is 0.333. The molecular formula is C15H21ClO. The topological polar surface area (TPSA) is 9.23 Å². The van der Waals surface area contributed by atoms with E-state index in [-0.39, 0.29) is 0 Å². The van der Waals surface area contributed by atoms with Crippen LogP contribution < -0.4 is 0 Å². The maximum atomic E-state index is 6.01. The van der Waals surface area contributed by atoms with Gasteiger partial charge in [0.2, 0.25) is 0 Å². The Kier molecular flexibility index (Phi) is 8.25. The Labute approximate surface area is 110 Å². The van der Waals surface area contributed by atoms with Crippen molar-refractivity contribution in [2.24, 2.45) is 0 Å². The molecule has 0 heterocycles. The number of benzene rings is 1. The molecular weight excluding hydrogens is 232 g/mol. The highest BCUT2D eigenvalue weighted by atomic mass is 35.5. The minimum Gasteiger partial charge on any atom is -0.501 e. The maximum Gasteiger partial charge on any atom is 0.0924 e. The van der Waals surface area contributed by atoms with Crippen LogP contribution in [0.2, 0.25) is 5.02 Å². The van der Waals surface area contributed by atoms with Gasteiger partial charge < -0.3 is 4.74 Å². The van der Waals surface area contributed by atoms with Crippen molar-refractivity contribution in [1.82, 2.24) is 0 Å². The molecule has 0 amide bonds. The Morgan fingerprint density at radius 2 is 1.94 bits per heavy atom. The van der Waals surface area contributed by atoms with E-state index in [4.69, 9.17) is 16.3 Å². The summed E-state index contributed by atoms with van der Waals surface area (Å²) in [5.41, 5.74) is 2.18. The molecule has 0 aliphatic rings. The highest BCUT2D eigenvalue weighted by molar-refractivity contribution is 6.31. The van der Waals surface area contributed by atoms with Gasteiger partial charge in [-0.1, -0.05) is 49.7 Å². The van der Waals surface area contributed by atoms with E-state index in [1.165, 1.54) is 0 Å². The maximum absolute atomic E-state index is 6.01. The van der Waals surface area contributed by atoms with Crippen LogP contribution in [0, 0.1) is 6.92 Å². The van der Waals surface area contributed by atoms with Crippen LogP contribution in [0.3, 0.4) is 0 Å². The molecule has 0 aliphatic carbocycles. The highest BCUT2D eigenvalue weighted by Gasteiger charge is 1.93. The number of methoxy groups -OCH3 is 1. The average molecular weight is 253 g/mol. The van der Waals surface area contributed by atoms with Crippen LogP contribution >= 0.6 is 11.6 Å². The van der Waals surface area contributed by atoms with E-state index >= 15 is 0 Å². The van der Waals surface area contributed by atoms with Gasteiger partial charge in [-0.05, 0) is 37.1 Å². The number of hydrogen-bond acceptors (Lipinski definition) is 1. The number of ether oxygens (including phenoxy) is 1. The molecule has 1 nitrogen and oxygen atoms in total. The Morgan fingerprint density at radius 1 is 1.29 bits per heavy atom. The molecule has 1 aromatic rings. The van der Waals surface area contributed by atoms with Gasteiger partial charge in [-0.25, -0.2) is 0 Å². The molecule has 0 radical (unpaired) electrons. The van der Waals surface area contributed by atoms with Crippen LogP contribution in [-0.2, 0) is 4.74 Å². The van der Waals surface area contributed by atoms with Crippen LogP contribution in [-0.4, -0.2) is 7.11 Å². The number of allylic oxidation sites excluding steroid dienone is 3. The van der Waals surface area contributed by atoms with Crippen molar-refractivity contribution in [2.45, 2.75) is 27.7 Å². The summed E-state index contributed by atoms with van der Waals surface area (Å²) in [6.45, 7) is 7.90. The zero-order chi connectivity index (χ0) is 13.3.